The lowest BCUT2D eigenvalue weighted by Crippen LogP contribution is -2.25. The van der Waals surface area contributed by atoms with Gasteiger partial charge in [0.15, 0.2) is 0 Å². The lowest BCUT2D eigenvalue weighted by atomic mass is 10.4. The van der Waals surface area contributed by atoms with E-state index in [0.717, 1.165) is 38.6 Å². The Morgan fingerprint density at radius 2 is 1.91 bits per heavy atom. The molecule has 0 saturated carbocycles. The molecule has 7 heteroatoms. The summed E-state index contributed by atoms with van der Waals surface area (Å²) in [5.41, 5.74) is -0.292. The van der Waals surface area contributed by atoms with E-state index < -0.39 is 0 Å². The molecule has 2 N–H and O–H groups in total. The number of ether oxygens (including phenoxy) is 1. The first-order chi connectivity index (χ1) is 10.7. The average Bonchev–Trinajstić information content (AvgIpc) is 3.11. The summed E-state index contributed by atoms with van der Waals surface area (Å²) in [5, 5.41) is 7.00. The van der Waals surface area contributed by atoms with E-state index in [0.29, 0.717) is 0 Å². The summed E-state index contributed by atoms with van der Waals surface area (Å²) in [4.78, 5) is 19.1. The quantitative estimate of drug-likeness (QED) is 0.884. The molecule has 6 nitrogen and oxygen atoms in total. The Labute approximate surface area is 138 Å². The van der Waals surface area contributed by atoms with Crippen molar-refractivity contribution in [1.82, 2.24) is 9.97 Å². The lowest BCUT2D eigenvalue weighted by Gasteiger charge is -2.19. The van der Waals surface area contributed by atoms with E-state index in [1.807, 2.05) is 25.6 Å². The molecular formula is C15H31N3O3S. The number of hydrogen-bond acceptors (Lipinski definition) is 6. The Bertz CT molecular complexity index is 373. The zero-order valence-corrected chi connectivity index (χ0v) is 15.3. The van der Waals surface area contributed by atoms with Crippen LogP contribution in [0.15, 0.2) is 17.1 Å². The Balaban J connectivity index is 0. The third-order valence-corrected chi connectivity index (χ3v) is 3.09. The van der Waals surface area contributed by atoms with Gasteiger partial charge in [-0.3, -0.25) is 4.98 Å². The zero-order chi connectivity index (χ0) is 17.2. The highest BCUT2D eigenvalue weighted by molar-refractivity contribution is 7.99. The van der Waals surface area contributed by atoms with E-state index in [1.54, 1.807) is 6.07 Å². The van der Waals surface area contributed by atoms with Gasteiger partial charge in [-0.2, -0.15) is 0 Å². The van der Waals surface area contributed by atoms with Crippen LogP contribution in [0.1, 0.15) is 34.1 Å². The molecule has 0 unspecified atom stereocenters. The summed E-state index contributed by atoms with van der Waals surface area (Å²) in [7, 11) is 1.00. The van der Waals surface area contributed by atoms with Crippen LogP contribution in [0.5, 0.6) is 0 Å². The molecule has 2 heterocycles. The minimum Gasteiger partial charge on any atom is -0.400 e. The number of nitrogens with one attached hydrogen (secondary N) is 1. The van der Waals surface area contributed by atoms with E-state index >= 15 is 0 Å². The molecule has 1 aliphatic heterocycles. The van der Waals surface area contributed by atoms with Gasteiger partial charge in [0.05, 0.1) is 12.5 Å². The average molecular weight is 333 g/mol. The normalized spacial score (nSPS) is 11.9. The Morgan fingerprint density at radius 3 is 2.23 bits per heavy atom. The first-order valence-electron chi connectivity index (χ1n) is 7.59. The lowest BCUT2D eigenvalue weighted by molar-refractivity contribution is 0.217. The maximum atomic E-state index is 10.8. The number of aromatic nitrogens is 2. The van der Waals surface area contributed by atoms with Gasteiger partial charge in [-0.25, -0.2) is 9.78 Å². The summed E-state index contributed by atoms with van der Waals surface area (Å²) in [5.74, 6) is 2.94. The van der Waals surface area contributed by atoms with Crippen molar-refractivity contribution in [3.05, 3.63) is 22.7 Å². The van der Waals surface area contributed by atoms with E-state index in [2.05, 4.69) is 28.7 Å². The van der Waals surface area contributed by atoms with Crippen LogP contribution in [0.2, 0.25) is 0 Å². The van der Waals surface area contributed by atoms with Gasteiger partial charge >= 0.3 is 5.69 Å². The van der Waals surface area contributed by atoms with Crippen LogP contribution in [0.3, 0.4) is 0 Å². The molecule has 0 radical (unpaired) electrons. The second-order valence-corrected chi connectivity index (χ2v) is 5.13. The van der Waals surface area contributed by atoms with Gasteiger partial charge < -0.3 is 14.7 Å². The highest BCUT2D eigenvalue weighted by Gasteiger charge is 2.00. The third-order valence-electron chi connectivity index (χ3n) is 2.30. The second-order valence-electron chi connectivity index (χ2n) is 4.07. The van der Waals surface area contributed by atoms with Crippen molar-refractivity contribution < 1.29 is 9.84 Å². The minimum absolute atomic E-state index is 0.292. The zero-order valence-electron chi connectivity index (χ0n) is 14.5. The summed E-state index contributed by atoms with van der Waals surface area (Å²) < 4.78 is 4.91. The minimum atomic E-state index is -0.292. The molecule has 1 aromatic heterocycles. The van der Waals surface area contributed by atoms with E-state index in [1.165, 1.54) is 18.4 Å². The Kier molecular flexibility index (Phi) is 19.0. The highest BCUT2D eigenvalue weighted by Crippen LogP contribution is 2.06. The monoisotopic (exact) mass is 333 g/mol. The molecule has 1 aliphatic rings. The first kappa shape index (κ1) is 23.2. The molecular weight excluding hydrogens is 302 g/mol. The van der Waals surface area contributed by atoms with Crippen LogP contribution in [0, 0.1) is 0 Å². The number of nitrogens with zero attached hydrogens (tertiary/aromatic N) is 2. The van der Waals surface area contributed by atoms with Crippen molar-refractivity contribution in [3.8, 4) is 0 Å². The van der Waals surface area contributed by atoms with Gasteiger partial charge in [0.1, 0.15) is 5.82 Å². The number of H-pyrrole nitrogens is 1. The maximum Gasteiger partial charge on any atom is 0.346 e. The number of hydrogen-bond donors (Lipinski definition) is 2. The predicted molar refractivity (Wildman–Crippen MR) is 95.8 cm³/mol. The SMILES string of the molecule is C1CSCO1.CCC.CCN(CC)c1ccnc(=O)[nH]1.CO. The summed E-state index contributed by atoms with van der Waals surface area (Å²) in [6.07, 6.45) is 2.77. The van der Waals surface area contributed by atoms with Gasteiger partial charge in [0.25, 0.3) is 0 Å². The van der Waals surface area contributed by atoms with Crippen LogP contribution >= 0.6 is 11.8 Å². The number of thioether (sulfide) groups is 1. The number of aromatic amines is 1. The molecule has 2 rings (SSSR count). The van der Waals surface area contributed by atoms with Crippen molar-refractivity contribution in [2.75, 3.05) is 43.4 Å². The first-order valence-corrected chi connectivity index (χ1v) is 8.75. The predicted octanol–water partition coefficient (Wildman–Crippen LogP) is 2.35. The molecule has 0 spiro atoms. The van der Waals surface area contributed by atoms with Crippen molar-refractivity contribution in [2.24, 2.45) is 0 Å². The van der Waals surface area contributed by atoms with Crippen LogP contribution in [-0.4, -0.2) is 53.6 Å². The third kappa shape index (κ3) is 12.7. The number of rotatable bonds is 3. The Morgan fingerprint density at radius 1 is 1.32 bits per heavy atom. The van der Waals surface area contributed by atoms with Gasteiger partial charge in [-0.1, -0.05) is 20.3 Å². The van der Waals surface area contributed by atoms with Crippen molar-refractivity contribution in [3.63, 3.8) is 0 Å². The fourth-order valence-electron chi connectivity index (χ4n) is 1.40. The summed E-state index contributed by atoms with van der Waals surface area (Å²) in [6.45, 7) is 11.1. The van der Waals surface area contributed by atoms with Crippen molar-refractivity contribution in [2.45, 2.75) is 34.1 Å². The van der Waals surface area contributed by atoms with E-state index in [4.69, 9.17) is 9.84 Å². The van der Waals surface area contributed by atoms with Crippen molar-refractivity contribution in [1.29, 1.82) is 0 Å². The van der Waals surface area contributed by atoms with E-state index in [9.17, 15) is 4.79 Å². The fraction of sp³-hybridized carbons (Fsp3) is 0.733. The maximum absolute atomic E-state index is 10.8. The fourth-order valence-corrected chi connectivity index (χ4v) is 1.99. The standard InChI is InChI=1S/C8H13N3O.C3H6OS.C3H8.CH4O/c1-3-11(4-2)7-5-6-9-8(12)10-7;1-2-5-3-4-1;1-3-2;1-2/h5-6H,3-4H2,1-2H3,(H,9,10,12);1-3H2;3H2,1-2H3;2H,1H3. The highest BCUT2D eigenvalue weighted by atomic mass is 32.2. The van der Waals surface area contributed by atoms with Crippen molar-refractivity contribution >= 4 is 17.6 Å². The Hall–Kier alpha value is -1.05. The number of anilines is 1. The molecule has 0 amide bonds. The van der Waals surface area contributed by atoms with Crippen LogP contribution in [-0.2, 0) is 4.74 Å². The molecule has 0 aliphatic carbocycles. The van der Waals surface area contributed by atoms with Gasteiger partial charge in [0, 0.05) is 32.1 Å². The van der Waals surface area contributed by atoms with Crippen LogP contribution < -0.4 is 10.6 Å². The smallest absolute Gasteiger partial charge is 0.346 e. The molecule has 1 fully saturated rings. The van der Waals surface area contributed by atoms with E-state index in [-0.39, 0.29) is 5.69 Å². The second kappa shape index (κ2) is 18.0. The van der Waals surface area contributed by atoms with Gasteiger partial charge in [-0.05, 0) is 19.9 Å². The molecule has 130 valence electrons. The molecule has 22 heavy (non-hydrogen) atoms. The topological polar surface area (TPSA) is 78.5 Å². The van der Waals surface area contributed by atoms with Crippen LogP contribution in [0.25, 0.3) is 0 Å². The summed E-state index contributed by atoms with van der Waals surface area (Å²) >= 11 is 1.85. The molecule has 1 aromatic rings. The number of aliphatic hydroxyl groups is 1. The molecule has 1 saturated heterocycles. The van der Waals surface area contributed by atoms with Crippen LogP contribution in [0.4, 0.5) is 5.82 Å². The van der Waals surface area contributed by atoms with Gasteiger partial charge in [0.2, 0.25) is 0 Å². The molecule has 0 aromatic carbocycles. The molecule has 0 bridgehead atoms. The largest absolute Gasteiger partial charge is 0.400 e. The molecule has 0 atom stereocenters. The number of aliphatic hydroxyl groups excluding tert-OH is 1. The van der Waals surface area contributed by atoms with Gasteiger partial charge in [-0.15, -0.1) is 11.8 Å². The summed E-state index contributed by atoms with van der Waals surface area (Å²) in [6, 6.07) is 1.80.